The zero-order valence-electron chi connectivity index (χ0n) is 26.0. The van der Waals surface area contributed by atoms with Gasteiger partial charge in [-0.1, -0.05) is 32.7 Å². The smallest absolute Gasteiger partial charge is 0.253 e. The van der Waals surface area contributed by atoms with Crippen molar-refractivity contribution in [2.24, 2.45) is 17.3 Å². The first-order valence-electron chi connectivity index (χ1n) is 16.4. The largest absolute Gasteiger partial charge is 0.368 e. The minimum Gasteiger partial charge on any atom is -0.368 e. The van der Waals surface area contributed by atoms with Gasteiger partial charge in [0.15, 0.2) is 0 Å². The lowest BCUT2D eigenvalue weighted by atomic mass is 9.90. The quantitative estimate of drug-likeness (QED) is 0.285. The normalized spacial score (nSPS) is 39.4. The topological polar surface area (TPSA) is 80.9 Å². The summed E-state index contributed by atoms with van der Waals surface area (Å²) in [6.45, 7) is 16.4. The van der Waals surface area contributed by atoms with Crippen LogP contribution in [0.3, 0.4) is 0 Å². The number of carbonyl (C=O) groups excluding carboxylic acids is 1. The van der Waals surface area contributed by atoms with E-state index in [2.05, 4.69) is 65.1 Å². The molecule has 4 bridgehead atoms. The van der Waals surface area contributed by atoms with Crippen molar-refractivity contribution in [3.63, 3.8) is 0 Å². The minimum absolute atomic E-state index is 0.103. The number of hydrogen-bond acceptors (Lipinski definition) is 8. The van der Waals surface area contributed by atoms with Gasteiger partial charge in [0, 0.05) is 44.1 Å². The van der Waals surface area contributed by atoms with Crippen molar-refractivity contribution in [1.29, 1.82) is 0 Å². The van der Waals surface area contributed by atoms with E-state index in [-0.39, 0.29) is 29.9 Å². The van der Waals surface area contributed by atoms with Crippen molar-refractivity contribution in [3.05, 3.63) is 0 Å². The third-order valence-electron chi connectivity index (χ3n) is 10.0. The number of piperidine rings is 2. The predicted molar refractivity (Wildman–Crippen MR) is 164 cm³/mol. The summed E-state index contributed by atoms with van der Waals surface area (Å²) in [5.41, 5.74) is 0.469. The lowest BCUT2D eigenvalue weighted by Gasteiger charge is -2.49. The molecular weight excluding hydrogens is 520 g/mol. The van der Waals surface area contributed by atoms with Crippen LogP contribution >= 0.6 is 11.9 Å². The van der Waals surface area contributed by atoms with Crippen LogP contribution in [0.15, 0.2) is 0 Å². The van der Waals surface area contributed by atoms with Crippen LogP contribution in [0.4, 0.5) is 0 Å². The van der Waals surface area contributed by atoms with Crippen LogP contribution in [0.25, 0.3) is 0 Å². The molecule has 5 heterocycles. The molecule has 4 N–H and O–H groups in total. The molecule has 9 heteroatoms. The van der Waals surface area contributed by atoms with Crippen molar-refractivity contribution in [2.45, 2.75) is 141 Å². The Bertz CT molecular complexity index is 837. The van der Waals surface area contributed by atoms with Gasteiger partial charge in [-0.05, 0) is 95.9 Å². The number of nitrogens with zero attached hydrogens (tertiary/aromatic N) is 2. The second kappa shape index (κ2) is 13.5. The molecule has 0 saturated carbocycles. The van der Waals surface area contributed by atoms with Gasteiger partial charge < -0.3 is 15.0 Å². The van der Waals surface area contributed by atoms with E-state index in [1.165, 1.54) is 38.5 Å². The molecule has 5 aliphatic rings. The highest BCUT2D eigenvalue weighted by atomic mass is 32.2. The molecule has 5 fully saturated rings. The maximum Gasteiger partial charge on any atom is 0.253 e. The number of fused-ring (bicyclic) bond motifs is 6. The number of nitrogens with one attached hydrogen (secondary N) is 4. The van der Waals surface area contributed by atoms with Crippen LogP contribution in [0, 0.1) is 17.3 Å². The van der Waals surface area contributed by atoms with Gasteiger partial charge in [0.25, 0.3) is 5.91 Å². The van der Waals surface area contributed by atoms with Crippen LogP contribution in [0.2, 0.25) is 0 Å². The first-order chi connectivity index (χ1) is 19.1. The maximum atomic E-state index is 13.5. The summed E-state index contributed by atoms with van der Waals surface area (Å²) in [5.74, 6) is 1.45. The Hall–Kier alpha value is -0.420. The number of rotatable bonds is 5. The van der Waals surface area contributed by atoms with E-state index in [0.717, 1.165) is 64.2 Å². The zero-order valence-corrected chi connectivity index (χ0v) is 26.8. The summed E-state index contributed by atoms with van der Waals surface area (Å²) in [4.78, 5) is 18.4. The van der Waals surface area contributed by atoms with Crippen molar-refractivity contribution in [3.8, 4) is 0 Å². The molecule has 0 aromatic rings. The molecule has 5 saturated heterocycles. The Balaban J connectivity index is 1.23. The van der Waals surface area contributed by atoms with Crippen LogP contribution in [-0.4, -0.2) is 84.0 Å². The van der Waals surface area contributed by atoms with E-state index < -0.39 is 0 Å². The van der Waals surface area contributed by atoms with Crippen molar-refractivity contribution in [1.82, 2.24) is 30.5 Å². The molecule has 0 spiro atoms. The number of hydrogen-bond donors (Lipinski definition) is 4. The van der Waals surface area contributed by atoms with Crippen molar-refractivity contribution < 1.29 is 9.53 Å². The fourth-order valence-corrected chi connectivity index (χ4v) is 8.92. The van der Waals surface area contributed by atoms with Crippen molar-refractivity contribution in [2.75, 3.05) is 32.8 Å². The molecular formula is C31H58N6O2S. The van der Waals surface area contributed by atoms with Crippen LogP contribution in [0.1, 0.15) is 105 Å². The highest BCUT2D eigenvalue weighted by Gasteiger charge is 2.48. The summed E-state index contributed by atoms with van der Waals surface area (Å²) in [6.07, 6.45) is 13.2. The molecule has 5 rings (SSSR count). The van der Waals surface area contributed by atoms with Gasteiger partial charge in [-0.15, -0.1) is 0 Å². The van der Waals surface area contributed by atoms with Gasteiger partial charge in [0.1, 0.15) is 6.10 Å². The first-order valence-corrected chi connectivity index (χ1v) is 17.3. The molecule has 0 aromatic heterocycles. The molecule has 8 atom stereocenters. The number of carbonyl (C=O) groups is 1. The Morgan fingerprint density at radius 3 is 2.73 bits per heavy atom. The Labute approximate surface area is 248 Å². The SMILES string of the molecule is CC(C)(C)CCCOC1CCN(C2CCC3CNSC4CCCC(NCCC[C@@H]5CN(C3N2)C(C)(C)C5)N4)C1=O. The fraction of sp³-hybridized carbons (Fsp3) is 0.968. The molecule has 5 aliphatic heterocycles. The van der Waals surface area contributed by atoms with Gasteiger partial charge in [-0.25, -0.2) is 0 Å². The Kier molecular flexibility index (Phi) is 10.5. The molecule has 0 aliphatic carbocycles. The van der Waals surface area contributed by atoms with E-state index in [0.29, 0.717) is 29.5 Å². The van der Waals surface area contributed by atoms with Crippen molar-refractivity contribution >= 4 is 17.9 Å². The van der Waals surface area contributed by atoms with E-state index in [9.17, 15) is 4.79 Å². The summed E-state index contributed by atoms with van der Waals surface area (Å²) < 4.78 is 9.92. The summed E-state index contributed by atoms with van der Waals surface area (Å²) in [6, 6.07) is 0. The molecule has 0 radical (unpaired) electrons. The molecule has 7 unspecified atom stereocenters. The standard InChI is InChI=1S/C31H58N6O2S/c1-30(2,3)15-8-18-39-24-14-17-36(29(24)38)26-13-12-23-20-33-40-27-11-6-10-25(34-27)32-16-7-9-22-19-31(4,5)37(21-22)28(23)35-26/h22-28,32-35H,6-21H2,1-5H3/t22-,23?,24?,25?,26?,27?,28?/m0/s1. The van der Waals surface area contributed by atoms with E-state index in [4.69, 9.17) is 4.74 Å². The second-order valence-corrected chi connectivity index (χ2v) is 16.1. The van der Waals surface area contributed by atoms with Gasteiger partial charge >= 0.3 is 0 Å². The lowest BCUT2D eigenvalue weighted by molar-refractivity contribution is -0.141. The van der Waals surface area contributed by atoms with Crippen LogP contribution < -0.4 is 20.7 Å². The number of ether oxygens (including phenoxy) is 1. The Morgan fingerprint density at radius 1 is 1.05 bits per heavy atom. The van der Waals surface area contributed by atoms with Gasteiger partial charge in [-0.2, -0.15) is 0 Å². The van der Waals surface area contributed by atoms with E-state index in [1.54, 1.807) is 0 Å². The summed E-state index contributed by atoms with van der Waals surface area (Å²) >= 11 is 1.89. The molecule has 1 amide bonds. The Morgan fingerprint density at radius 2 is 1.90 bits per heavy atom. The number of likely N-dealkylation sites (tertiary alicyclic amines) is 1. The summed E-state index contributed by atoms with van der Waals surface area (Å²) in [5, 5.41) is 12.1. The third kappa shape index (κ3) is 7.94. The molecule has 230 valence electrons. The predicted octanol–water partition coefficient (Wildman–Crippen LogP) is 4.23. The average Bonchev–Trinajstić information content (AvgIpc) is 3.41. The highest BCUT2D eigenvalue weighted by molar-refractivity contribution is 7.98. The molecule has 0 aromatic carbocycles. The lowest BCUT2D eigenvalue weighted by Crippen LogP contribution is -2.65. The summed E-state index contributed by atoms with van der Waals surface area (Å²) in [7, 11) is 0. The van der Waals surface area contributed by atoms with Gasteiger partial charge in [0.2, 0.25) is 0 Å². The maximum absolute atomic E-state index is 13.5. The monoisotopic (exact) mass is 578 g/mol. The molecule has 8 nitrogen and oxygen atoms in total. The van der Waals surface area contributed by atoms with E-state index in [1.807, 2.05) is 11.9 Å². The molecule has 40 heavy (non-hydrogen) atoms. The number of amides is 1. The minimum atomic E-state index is -0.265. The average molecular weight is 579 g/mol. The van der Waals surface area contributed by atoms with E-state index >= 15 is 0 Å². The van der Waals surface area contributed by atoms with Gasteiger partial charge in [-0.3, -0.25) is 25.1 Å². The van der Waals surface area contributed by atoms with Crippen LogP contribution in [0.5, 0.6) is 0 Å². The van der Waals surface area contributed by atoms with Crippen LogP contribution in [-0.2, 0) is 9.53 Å². The zero-order chi connectivity index (χ0) is 28.3. The van der Waals surface area contributed by atoms with Gasteiger partial charge in [0.05, 0.1) is 23.9 Å². The highest BCUT2D eigenvalue weighted by Crippen LogP contribution is 2.40. The third-order valence-corrected chi connectivity index (χ3v) is 11.0. The second-order valence-electron chi connectivity index (χ2n) is 15.0. The first kappa shape index (κ1) is 31.0. The fourth-order valence-electron chi connectivity index (χ4n) is 7.89.